The lowest BCUT2D eigenvalue weighted by atomic mass is 9.88. The van der Waals surface area contributed by atoms with E-state index in [1.54, 1.807) is 35.1 Å². The Hall–Kier alpha value is -3.12. The van der Waals surface area contributed by atoms with Crippen molar-refractivity contribution >= 4 is 38.2 Å². The summed E-state index contributed by atoms with van der Waals surface area (Å²) in [5.74, 6) is -0.152. The summed E-state index contributed by atoms with van der Waals surface area (Å²) in [6.45, 7) is 4.19. The number of amides is 1. The molecule has 1 aliphatic rings. The number of benzene rings is 1. The number of aromatic amines is 1. The number of piperidine rings is 1. The van der Waals surface area contributed by atoms with Crippen LogP contribution in [0, 0.1) is 0 Å². The van der Waals surface area contributed by atoms with Crippen LogP contribution in [0.5, 0.6) is 0 Å². The molecular weight excluding hydrogens is 520 g/mol. The molecular formula is C27H32N6O3S2. The minimum Gasteiger partial charge on any atom is -0.366 e. The Kier molecular flexibility index (Phi) is 7.62. The van der Waals surface area contributed by atoms with E-state index in [1.165, 1.54) is 4.88 Å². The normalized spacial score (nSPS) is 15.4. The summed E-state index contributed by atoms with van der Waals surface area (Å²) in [5, 5.41) is 3.09. The van der Waals surface area contributed by atoms with E-state index in [-0.39, 0.29) is 11.7 Å². The first-order chi connectivity index (χ1) is 18.2. The summed E-state index contributed by atoms with van der Waals surface area (Å²) in [6, 6.07) is 8.06. The first kappa shape index (κ1) is 26.5. The Bertz CT molecular complexity index is 1540. The maximum atomic E-state index is 12.4. The number of primary amides is 1. The van der Waals surface area contributed by atoms with E-state index in [0.29, 0.717) is 18.7 Å². The Morgan fingerprint density at radius 3 is 2.68 bits per heavy atom. The largest absolute Gasteiger partial charge is 0.366 e. The summed E-state index contributed by atoms with van der Waals surface area (Å²) in [4.78, 5) is 27.4. The van der Waals surface area contributed by atoms with Crippen molar-refractivity contribution in [2.24, 2.45) is 5.73 Å². The number of rotatable bonds is 9. The fraction of sp³-hybridized carbons (Fsp3) is 0.370. The molecule has 0 bridgehead atoms. The first-order valence-corrected chi connectivity index (χ1v) is 15.2. The van der Waals surface area contributed by atoms with Gasteiger partial charge in [-0.15, -0.1) is 11.3 Å². The van der Waals surface area contributed by atoms with Gasteiger partial charge >= 0.3 is 0 Å². The third kappa shape index (κ3) is 5.51. The zero-order valence-corrected chi connectivity index (χ0v) is 23.2. The number of nitrogens with two attached hydrogens (primary N) is 1. The van der Waals surface area contributed by atoms with Crippen molar-refractivity contribution in [2.75, 3.05) is 25.9 Å². The van der Waals surface area contributed by atoms with Gasteiger partial charge < -0.3 is 10.7 Å². The van der Waals surface area contributed by atoms with Crippen molar-refractivity contribution in [3.63, 3.8) is 0 Å². The summed E-state index contributed by atoms with van der Waals surface area (Å²) >= 11 is 1.68. The van der Waals surface area contributed by atoms with Crippen molar-refractivity contribution in [3.8, 4) is 11.1 Å². The van der Waals surface area contributed by atoms with Gasteiger partial charge in [0.15, 0.2) is 0 Å². The van der Waals surface area contributed by atoms with E-state index in [9.17, 15) is 13.2 Å². The fourth-order valence-corrected chi connectivity index (χ4v) is 7.31. The van der Waals surface area contributed by atoms with E-state index >= 15 is 0 Å². The van der Waals surface area contributed by atoms with Gasteiger partial charge in [-0.1, -0.05) is 0 Å². The number of carbonyl (C=O) groups is 1. The smallest absolute Gasteiger partial charge is 0.250 e. The number of H-pyrrole nitrogens is 1. The highest BCUT2D eigenvalue weighted by atomic mass is 32.2. The number of hydrogen-bond acceptors (Lipinski definition) is 7. The van der Waals surface area contributed by atoms with E-state index in [4.69, 9.17) is 5.73 Å². The average molecular weight is 553 g/mol. The second-order valence-corrected chi connectivity index (χ2v) is 13.1. The Labute approximate surface area is 226 Å². The number of nitrogens with one attached hydrogen (secondary N) is 1. The summed E-state index contributed by atoms with van der Waals surface area (Å²) in [7, 11) is -1.13. The molecule has 4 heterocycles. The Morgan fingerprint density at radius 2 is 2.00 bits per heavy atom. The van der Waals surface area contributed by atoms with Gasteiger partial charge in [-0.05, 0) is 79.1 Å². The number of carbonyl (C=O) groups excluding carboxylic acids is 1. The van der Waals surface area contributed by atoms with Crippen LogP contribution in [0.3, 0.4) is 0 Å². The highest BCUT2D eigenvalue weighted by molar-refractivity contribution is 7.89. The molecule has 1 saturated heterocycles. The molecule has 0 saturated carbocycles. The van der Waals surface area contributed by atoms with Gasteiger partial charge in [0.25, 0.3) is 5.91 Å². The molecule has 11 heteroatoms. The average Bonchev–Trinajstić information content (AvgIpc) is 3.56. The maximum absolute atomic E-state index is 12.4. The van der Waals surface area contributed by atoms with Gasteiger partial charge in [0.05, 0.1) is 22.5 Å². The van der Waals surface area contributed by atoms with Crippen molar-refractivity contribution < 1.29 is 13.2 Å². The van der Waals surface area contributed by atoms with Gasteiger partial charge in [0.1, 0.15) is 6.33 Å². The van der Waals surface area contributed by atoms with Crippen LogP contribution in [0.15, 0.2) is 48.4 Å². The van der Waals surface area contributed by atoms with Crippen molar-refractivity contribution in [2.45, 2.75) is 38.8 Å². The van der Waals surface area contributed by atoms with Gasteiger partial charge in [-0.3, -0.25) is 9.69 Å². The molecule has 0 radical (unpaired) electrons. The van der Waals surface area contributed by atoms with E-state index in [0.717, 1.165) is 59.2 Å². The van der Waals surface area contributed by atoms with E-state index < -0.39 is 15.9 Å². The van der Waals surface area contributed by atoms with Crippen molar-refractivity contribution in [1.82, 2.24) is 24.2 Å². The number of nitrogens with zero attached hydrogens (tertiary/aromatic N) is 4. The number of thiophene rings is 1. The van der Waals surface area contributed by atoms with Crippen LogP contribution in [0.4, 0.5) is 0 Å². The van der Waals surface area contributed by atoms with Crippen molar-refractivity contribution in [3.05, 3.63) is 70.1 Å². The second-order valence-electron chi connectivity index (χ2n) is 9.80. The third-order valence-corrected chi connectivity index (χ3v) is 10.0. The number of fused-ring (bicyclic) bond motifs is 1. The highest BCUT2D eigenvalue weighted by Gasteiger charge is 2.29. The minimum absolute atomic E-state index is 0.120. The highest BCUT2D eigenvalue weighted by Crippen LogP contribution is 2.38. The van der Waals surface area contributed by atoms with Gasteiger partial charge in [-0.2, -0.15) is 0 Å². The van der Waals surface area contributed by atoms with Crippen LogP contribution in [0.1, 0.15) is 52.2 Å². The SMILES string of the molecule is CCS(=O)(=O)N1CCC(c2c[nH]c3c(C(N)=O)cc(-c4csc(CN(C)Cc5ccncn5)c4)cc23)CC1. The standard InChI is InChI=1S/C27H32N6O3S2/c1-3-38(35,36)33-8-5-18(6-9-33)25-13-30-26-23(25)11-19(12-24(26)27(28)34)20-10-22(37-16-20)15-32(2)14-21-4-7-29-17-31-21/h4,7,10-13,16-18,30H,3,5-6,8-9,14-15H2,1-2H3,(H2,28,34). The number of aromatic nitrogens is 3. The molecule has 3 aromatic heterocycles. The molecule has 1 amide bonds. The van der Waals surface area contributed by atoms with E-state index in [1.807, 2.05) is 18.3 Å². The van der Waals surface area contributed by atoms with Crippen LogP contribution >= 0.6 is 11.3 Å². The predicted molar refractivity (Wildman–Crippen MR) is 150 cm³/mol. The van der Waals surface area contributed by atoms with E-state index in [2.05, 4.69) is 44.4 Å². The van der Waals surface area contributed by atoms with Gasteiger partial charge in [0.2, 0.25) is 10.0 Å². The third-order valence-electron chi connectivity index (χ3n) is 7.23. The monoisotopic (exact) mass is 552 g/mol. The lowest BCUT2D eigenvalue weighted by molar-refractivity contribution is 0.100. The molecule has 38 heavy (non-hydrogen) atoms. The van der Waals surface area contributed by atoms with Crippen molar-refractivity contribution in [1.29, 1.82) is 0 Å². The zero-order valence-electron chi connectivity index (χ0n) is 21.6. The molecule has 5 rings (SSSR count). The fourth-order valence-electron chi connectivity index (χ4n) is 5.20. The topological polar surface area (TPSA) is 125 Å². The molecule has 0 unspecified atom stereocenters. The molecule has 0 atom stereocenters. The Balaban J connectivity index is 1.40. The maximum Gasteiger partial charge on any atom is 0.250 e. The molecule has 3 N–H and O–H groups in total. The van der Waals surface area contributed by atoms with Crippen LogP contribution in [0.2, 0.25) is 0 Å². The van der Waals surface area contributed by atoms with Gasteiger partial charge in [0, 0.05) is 48.8 Å². The molecule has 1 aromatic carbocycles. The summed E-state index contributed by atoms with van der Waals surface area (Å²) in [6.07, 6.45) is 6.74. The quantitative estimate of drug-likeness (QED) is 0.324. The van der Waals surface area contributed by atoms with Crippen LogP contribution < -0.4 is 5.73 Å². The molecule has 0 aliphatic carbocycles. The lowest BCUT2D eigenvalue weighted by Crippen LogP contribution is -2.38. The molecule has 1 fully saturated rings. The van der Waals surface area contributed by atoms with Crippen LogP contribution in [-0.2, 0) is 23.1 Å². The molecule has 9 nitrogen and oxygen atoms in total. The lowest BCUT2D eigenvalue weighted by Gasteiger charge is -2.31. The molecule has 200 valence electrons. The Morgan fingerprint density at radius 1 is 1.21 bits per heavy atom. The summed E-state index contributed by atoms with van der Waals surface area (Å²) < 4.78 is 26.2. The molecule has 4 aromatic rings. The summed E-state index contributed by atoms with van der Waals surface area (Å²) in [5.41, 5.74) is 11.1. The molecule has 1 aliphatic heterocycles. The molecule has 0 spiro atoms. The predicted octanol–water partition coefficient (Wildman–Crippen LogP) is 3.95. The zero-order chi connectivity index (χ0) is 26.9. The van der Waals surface area contributed by atoms with Crippen LogP contribution in [0.25, 0.3) is 22.0 Å². The van der Waals surface area contributed by atoms with Gasteiger partial charge in [-0.25, -0.2) is 22.7 Å². The number of sulfonamides is 1. The minimum atomic E-state index is -3.19. The second kappa shape index (κ2) is 10.9. The first-order valence-electron chi connectivity index (χ1n) is 12.7. The number of hydrogen-bond donors (Lipinski definition) is 2. The van der Waals surface area contributed by atoms with Crippen LogP contribution in [-0.4, -0.2) is 64.4 Å².